The minimum Gasteiger partial charge on any atom is -0.369 e. The summed E-state index contributed by atoms with van der Waals surface area (Å²) < 4.78 is 0. The molecule has 0 fully saturated rings. The van der Waals surface area contributed by atoms with Crippen LogP contribution in [0.1, 0.15) is 19.5 Å². The predicted molar refractivity (Wildman–Crippen MR) is 60.9 cm³/mol. The number of primary amides is 1. The van der Waals surface area contributed by atoms with Crippen LogP contribution < -0.4 is 5.73 Å². The number of hydrogen-bond acceptors (Lipinski definition) is 2. The maximum atomic E-state index is 11.1. The van der Waals surface area contributed by atoms with Crippen LogP contribution in [-0.4, -0.2) is 10.9 Å². The summed E-state index contributed by atoms with van der Waals surface area (Å²) in [6, 6.07) is 3.26. The molecule has 0 aliphatic carbocycles. The normalized spacial score (nSPS) is 11.5. The van der Waals surface area contributed by atoms with Crippen molar-refractivity contribution in [1.29, 1.82) is 0 Å². The maximum absolute atomic E-state index is 11.1. The summed E-state index contributed by atoms with van der Waals surface area (Å²) >= 11 is 11.7. The molecule has 0 atom stereocenters. The van der Waals surface area contributed by atoms with Crippen LogP contribution in [0, 0.1) is 5.41 Å². The SMILES string of the molecule is CC(C)(Cc1nc(Cl)ccc1Cl)C(N)=O. The molecule has 2 N–H and O–H groups in total. The van der Waals surface area contributed by atoms with E-state index in [2.05, 4.69) is 4.98 Å². The summed E-state index contributed by atoms with van der Waals surface area (Å²) in [4.78, 5) is 15.2. The second-order valence-electron chi connectivity index (χ2n) is 3.99. The van der Waals surface area contributed by atoms with Crippen molar-refractivity contribution in [3.63, 3.8) is 0 Å². The molecular weight excluding hydrogens is 235 g/mol. The number of nitrogens with zero attached hydrogens (tertiary/aromatic N) is 1. The van der Waals surface area contributed by atoms with Crippen molar-refractivity contribution in [2.75, 3.05) is 0 Å². The monoisotopic (exact) mass is 246 g/mol. The van der Waals surface area contributed by atoms with Crippen LogP contribution in [0.4, 0.5) is 0 Å². The standard InChI is InChI=1S/C10H12Cl2N2O/c1-10(2,9(13)15)5-7-6(11)3-4-8(12)14-7/h3-4H,5H2,1-2H3,(H2,13,15). The quantitative estimate of drug-likeness (QED) is 0.834. The third-order valence-corrected chi connectivity index (χ3v) is 2.72. The zero-order chi connectivity index (χ0) is 11.6. The van der Waals surface area contributed by atoms with E-state index in [1.165, 1.54) is 0 Å². The van der Waals surface area contributed by atoms with E-state index in [0.717, 1.165) is 0 Å². The van der Waals surface area contributed by atoms with Crippen LogP contribution in [0.2, 0.25) is 10.2 Å². The fourth-order valence-corrected chi connectivity index (χ4v) is 1.42. The van der Waals surface area contributed by atoms with E-state index in [1.54, 1.807) is 26.0 Å². The molecule has 1 aromatic rings. The topological polar surface area (TPSA) is 56.0 Å². The molecule has 0 unspecified atom stereocenters. The van der Waals surface area contributed by atoms with Gasteiger partial charge in [-0.3, -0.25) is 4.79 Å². The van der Waals surface area contributed by atoms with E-state index in [4.69, 9.17) is 28.9 Å². The average Bonchev–Trinajstić information content (AvgIpc) is 2.10. The highest BCUT2D eigenvalue weighted by Gasteiger charge is 2.27. The first-order chi connectivity index (χ1) is 6.83. The number of halogens is 2. The van der Waals surface area contributed by atoms with E-state index >= 15 is 0 Å². The van der Waals surface area contributed by atoms with Crippen molar-refractivity contribution in [2.45, 2.75) is 20.3 Å². The Morgan fingerprint density at radius 1 is 1.47 bits per heavy atom. The molecule has 0 spiro atoms. The first-order valence-electron chi connectivity index (χ1n) is 4.44. The summed E-state index contributed by atoms with van der Waals surface area (Å²) in [5.74, 6) is -0.389. The predicted octanol–water partition coefficient (Wildman–Crippen LogP) is 2.44. The average molecular weight is 247 g/mol. The minimum atomic E-state index is -0.679. The molecule has 5 heteroatoms. The second-order valence-corrected chi connectivity index (χ2v) is 4.78. The Labute approximate surface area is 98.6 Å². The van der Waals surface area contributed by atoms with Crippen LogP contribution in [0.5, 0.6) is 0 Å². The van der Waals surface area contributed by atoms with E-state index < -0.39 is 5.41 Å². The molecule has 0 saturated carbocycles. The molecule has 0 aromatic carbocycles. The molecule has 1 aromatic heterocycles. The Hall–Kier alpha value is -0.800. The zero-order valence-corrected chi connectivity index (χ0v) is 10.1. The van der Waals surface area contributed by atoms with Crippen molar-refractivity contribution in [3.05, 3.63) is 28.0 Å². The van der Waals surface area contributed by atoms with E-state index in [0.29, 0.717) is 22.3 Å². The number of hydrogen-bond donors (Lipinski definition) is 1. The lowest BCUT2D eigenvalue weighted by Crippen LogP contribution is -2.33. The fraction of sp³-hybridized carbons (Fsp3) is 0.400. The molecule has 82 valence electrons. The van der Waals surface area contributed by atoms with Crippen molar-refractivity contribution < 1.29 is 4.79 Å². The van der Waals surface area contributed by atoms with Gasteiger partial charge in [0.25, 0.3) is 0 Å². The second kappa shape index (κ2) is 4.37. The Morgan fingerprint density at radius 3 is 2.60 bits per heavy atom. The van der Waals surface area contributed by atoms with Gasteiger partial charge < -0.3 is 5.73 Å². The molecule has 0 bridgehead atoms. The smallest absolute Gasteiger partial charge is 0.223 e. The fourth-order valence-electron chi connectivity index (χ4n) is 1.09. The number of carbonyl (C=O) groups excluding carboxylic acids is 1. The summed E-state index contributed by atoms with van der Waals surface area (Å²) in [6.45, 7) is 3.49. The molecule has 3 nitrogen and oxygen atoms in total. The van der Waals surface area contributed by atoms with Gasteiger partial charge in [0.15, 0.2) is 0 Å². The van der Waals surface area contributed by atoms with Gasteiger partial charge in [-0.15, -0.1) is 0 Å². The van der Waals surface area contributed by atoms with Gasteiger partial charge >= 0.3 is 0 Å². The van der Waals surface area contributed by atoms with E-state index in [-0.39, 0.29) is 5.91 Å². The van der Waals surface area contributed by atoms with E-state index in [1.807, 2.05) is 0 Å². The summed E-state index contributed by atoms with van der Waals surface area (Å²) in [5.41, 5.74) is 5.17. The van der Waals surface area contributed by atoms with Crippen LogP contribution in [0.25, 0.3) is 0 Å². The van der Waals surface area contributed by atoms with Gasteiger partial charge in [-0.2, -0.15) is 0 Å². The van der Waals surface area contributed by atoms with Crippen molar-refractivity contribution in [1.82, 2.24) is 4.98 Å². The van der Waals surface area contributed by atoms with Crippen molar-refractivity contribution >= 4 is 29.1 Å². The molecule has 1 amide bonds. The summed E-state index contributed by atoms with van der Waals surface area (Å²) in [6.07, 6.45) is 0.377. The first kappa shape index (κ1) is 12.3. The summed E-state index contributed by atoms with van der Waals surface area (Å²) in [5, 5.41) is 0.850. The third-order valence-electron chi connectivity index (χ3n) is 2.16. The van der Waals surface area contributed by atoms with E-state index in [9.17, 15) is 4.79 Å². The van der Waals surface area contributed by atoms with Gasteiger partial charge in [0.2, 0.25) is 5.91 Å². The Balaban J connectivity index is 2.99. The van der Waals surface area contributed by atoms with Crippen LogP contribution >= 0.6 is 23.2 Å². The molecule has 0 aliphatic rings. The molecule has 1 rings (SSSR count). The number of pyridine rings is 1. The van der Waals surface area contributed by atoms with Gasteiger partial charge in [0, 0.05) is 11.8 Å². The Kier molecular flexibility index (Phi) is 3.58. The first-order valence-corrected chi connectivity index (χ1v) is 5.19. The maximum Gasteiger partial charge on any atom is 0.223 e. The lowest BCUT2D eigenvalue weighted by Gasteiger charge is -2.20. The molecule has 1 heterocycles. The number of aromatic nitrogens is 1. The number of nitrogens with two attached hydrogens (primary N) is 1. The van der Waals surface area contributed by atoms with Crippen LogP contribution in [0.3, 0.4) is 0 Å². The lowest BCUT2D eigenvalue weighted by molar-refractivity contribution is -0.125. The van der Waals surface area contributed by atoms with Gasteiger partial charge in [-0.05, 0) is 12.1 Å². The van der Waals surface area contributed by atoms with Gasteiger partial charge in [0.05, 0.1) is 10.7 Å². The third kappa shape index (κ3) is 3.08. The van der Waals surface area contributed by atoms with Crippen LogP contribution in [-0.2, 0) is 11.2 Å². The number of amides is 1. The highest BCUT2D eigenvalue weighted by atomic mass is 35.5. The Bertz CT molecular complexity index is 391. The highest BCUT2D eigenvalue weighted by molar-refractivity contribution is 6.32. The number of carbonyl (C=O) groups is 1. The lowest BCUT2D eigenvalue weighted by atomic mass is 9.87. The van der Waals surface area contributed by atoms with Gasteiger partial charge in [0.1, 0.15) is 5.15 Å². The van der Waals surface area contributed by atoms with Crippen molar-refractivity contribution in [3.8, 4) is 0 Å². The molecule has 15 heavy (non-hydrogen) atoms. The summed E-state index contributed by atoms with van der Waals surface area (Å²) in [7, 11) is 0. The highest BCUT2D eigenvalue weighted by Crippen LogP contribution is 2.25. The van der Waals surface area contributed by atoms with Crippen LogP contribution in [0.15, 0.2) is 12.1 Å². The molecular formula is C10H12Cl2N2O. The van der Waals surface area contributed by atoms with Gasteiger partial charge in [-0.25, -0.2) is 4.98 Å². The van der Waals surface area contributed by atoms with Crippen molar-refractivity contribution in [2.24, 2.45) is 11.1 Å². The molecule has 0 saturated heterocycles. The molecule has 0 radical (unpaired) electrons. The zero-order valence-electron chi connectivity index (χ0n) is 8.55. The largest absolute Gasteiger partial charge is 0.369 e. The number of rotatable bonds is 3. The Morgan fingerprint density at radius 2 is 2.07 bits per heavy atom. The minimum absolute atomic E-state index is 0.356. The van der Waals surface area contributed by atoms with Gasteiger partial charge in [-0.1, -0.05) is 37.0 Å². The molecule has 0 aliphatic heterocycles.